The second-order valence-corrected chi connectivity index (χ2v) is 11.4. The summed E-state index contributed by atoms with van der Waals surface area (Å²) in [5.41, 5.74) is 0.709. The van der Waals surface area contributed by atoms with Gasteiger partial charge in [0.25, 0.3) is 15.7 Å². The molecule has 0 bridgehead atoms. The van der Waals surface area contributed by atoms with E-state index in [1.165, 1.54) is 10.8 Å². The third-order valence-corrected chi connectivity index (χ3v) is 7.54. The van der Waals surface area contributed by atoms with Gasteiger partial charge in [-0.25, -0.2) is 4.79 Å². The van der Waals surface area contributed by atoms with Gasteiger partial charge in [0, 0.05) is 18.2 Å². The molecule has 1 saturated heterocycles. The molecule has 0 unspecified atom stereocenters. The van der Waals surface area contributed by atoms with Gasteiger partial charge < -0.3 is 9.47 Å². The van der Waals surface area contributed by atoms with Gasteiger partial charge in [0.2, 0.25) is 0 Å². The van der Waals surface area contributed by atoms with E-state index in [9.17, 15) is 18.0 Å². The van der Waals surface area contributed by atoms with E-state index in [0.29, 0.717) is 5.56 Å². The Kier molecular flexibility index (Phi) is 7.86. The number of aryl methyl sites for hydroxylation is 1. The van der Waals surface area contributed by atoms with Gasteiger partial charge >= 0.3 is 5.69 Å². The normalized spacial score (nSPS) is 19.5. The lowest BCUT2D eigenvalue weighted by atomic mass is 9.80. The molecule has 0 amide bonds. The lowest BCUT2D eigenvalue weighted by Gasteiger charge is -2.37. The SMILES string of the molecule is Cc1cn([C@H]2C[C@H](OS(C)(=O)=O)[C@@H](COC(c3ccccc3)(c3ccccc3)c3ccccc3)O2)c(=O)[nH]c1=O. The van der Waals surface area contributed by atoms with Gasteiger partial charge in [-0.2, -0.15) is 8.42 Å². The van der Waals surface area contributed by atoms with Crippen molar-refractivity contribution in [3.8, 4) is 0 Å². The van der Waals surface area contributed by atoms with Crippen LogP contribution in [0.4, 0.5) is 0 Å². The molecule has 0 radical (unpaired) electrons. The molecule has 4 aromatic rings. The van der Waals surface area contributed by atoms with Gasteiger partial charge in [-0.3, -0.25) is 18.5 Å². The van der Waals surface area contributed by atoms with Crippen molar-refractivity contribution >= 4 is 10.1 Å². The van der Waals surface area contributed by atoms with E-state index in [0.717, 1.165) is 22.9 Å². The summed E-state index contributed by atoms with van der Waals surface area (Å²) in [5.74, 6) is 0. The van der Waals surface area contributed by atoms with Crippen molar-refractivity contribution in [2.75, 3.05) is 12.9 Å². The monoisotopic (exact) mass is 562 g/mol. The predicted molar refractivity (Wildman–Crippen MR) is 149 cm³/mol. The molecule has 0 spiro atoms. The highest BCUT2D eigenvalue weighted by Gasteiger charge is 2.44. The van der Waals surface area contributed by atoms with Gasteiger partial charge in [0.05, 0.1) is 12.9 Å². The lowest BCUT2D eigenvalue weighted by molar-refractivity contribution is -0.0910. The molecule has 1 aliphatic rings. The molecule has 1 fully saturated rings. The first kappa shape index (κ1) is 27.7. The first-order valence-electron chi connectivity index (χ1n) is 12.8. The van der Waals surface area contributed by atoms with Crippen molar-refractivity contribution in [2.45, 2.75) is 37.4 Å². The fourth-order valence-corrected chi connectivity index (χ4v) is 5.77. The van der Waals surface area contributed by atoms with E-state index in [1.807, 2.05) is 91.0 Å². The van der Waals surface area contributed by atoms with Gasteiger partial charge in [0.15, 0.2) is 0 Å². The molecule has 5 rings (SSSR count). The van der Waals surface area contributed by atoms with E-state index in [4.69, 9.17) is 13.7 Å². The van der Waals surface area contributed by atoms with Crippen LogP contribution in [0.25, 0.3) is 0 Å². The number of nitrogens with one attached hydrogen (secondary N) is 1. The fraction of sp³-hybridized carbons (Fsp3) is 0.267. The number of benzene rings is 3. The van der Waals surface area contributed by atoms with E-state index in [1.54, 1.807) is 6.92 Å². The number of H-pyrrole nitrogens is 1. The largest absolute Gasteiger partial charge is 0.358 e. The summed E-state index contributed by atoms with van der Waals surface area (Å²) in [6.07, 6.45) is -0.232. The van der Waals surface area contributed by atoms with Crippen molar-refractivity contribution in [3.63, 3.8) is 0 Å². The molecule has 208 valence electrons. The van der Waals surface area contributed by atoms with Crippen LogP contribution >= 0.6 is 0 Å². The second-order valence-electron chi connectivity index (χ2n) is 9.77. The molecular weight excluding hydrogens is 532 g/mol. The zero-order valence-electron chi connectivity index (χ0n) is 22.1. The van der Waals surface area contributed by atoms with E-state index in [-0.39, 0.29) is 13.0 Å². The van der Waals surface area contributed by atoms with E-state index >= 15 is 0 Å². The van der Waals surface area contributed by atoms with Gasteiger partial charge in [-0.1, -0.05) is 91.0 Å². The van der Waals surface area contributed by atoms with Crippen molar-refractivity contribution in [1.29, 1.82) is 0 Å². The third-order valence-electron chi connectivity index (χ3n) is 6.94. The molecular formula is C30H30N2O7S. The molecule has 3 aromatic carbocycles. The average molecular weight is 563 g/mol. The highest BCUT2D eigenvalue weighted by atomic mass is 32.2. The summed E-state index contributed by atoms with van der Waals surface area (Å²) < 4.78 is 44.0. The van der Waals surface area contributed by atoms with Crippen LogP contribution < -0.4 is 11.2 Å². The Morgan fingerprint density at radius 2 is 1.40 bits per heavy atom. The van der Waals surface area contributed by atoms with Gasteiger partial charge in [0.1, 0.15) is 24.0 Å². The van der Waals surface area contributed by atoms with Crippen molar-refractivity contribution < 1.29 is 22.1 Å². The smallest absolute Gasteiger partial charge is 0.330 e. The van der Waals surface area contributed by atoms with E-state index in [2.05, 4.69) is 4.98 Å². The minimum atomic E-state index is -3.86. The zero-order chi connectivity index (χ0) is 28.3. The molecule has 40 heavy (non-hydrogen) atoms. The maximum Gasteiger partial charge on any atom is 0.330 e. The number of rotatable bonds is 9. The fourth-order valence-electron chi connectivity index (χ4n) is 5.12. The van der Waals surface area contributed by atoms with Crippen LogP contribution in [0.15, 0.2) is 107 Å². The number of hydrogen-bond donors (Lipinski definition) is 1. The van der Waals surface area contributed by atoms with Crippen molar-refractivity contribution in [1.82, 2.24) is 9.55 Å². The maximum atomic E-state index is 12.6. The molecule has 0 aliphatic carbocycles. The lowest BCUT2D eigenvalue weighted by Crippen LogP contribution is -2.39. The number of aromatic nitrogens is 2. The minimum absolute atomic E-state index is 0.0570. The molecule has 3 atom stereocenters. The molecule has 2 heterocycles. The topological polar surface area (TPSA) is 117 Å². The van der Waals surface area contributed by atoms with Crippen LogP contribution in [0.5, 0.6) is 0 Å². The van der Waals surface area contributed by atoms with Crippen LogP contribution in [0.3, 0.4) is 0 Å². The summed E-state index contributed by atoms with van der Waals surface area (Å²) >= 11 is 0. The highest BCUT2D eigenvalue weighted by Crippen LogP contribution is 2.42. The Morgan fingerprint density at radius 1 is 0.900 bits per heavy atom. The Balaban J connectivity index is 1.56. The summed E-state index contributed by atoms with van der Waals surface area (Å²) in [7, 11) is -3.86. The van der Waals surface area contributed by atoms with Crippen LogP contribution in [-0.2, 0) is 29.4 Å². The average Bonchev–Trinajstić information content (AvgIpc) is 3.33. The van der Waals surface area contributed by atoms with Crippen LogP contribution in [0, 0.1) is 6.92 Å². The van der Waals surface area contributed by atoms with Gasteiger partial charge in [-0.05, 0) is 23.6 Å². The van der Waals surface area contributed by atoms with Crippen LogP contribution in [-0.4, -0.2) is 43.0 Å². The van der Waals surface area contributed by atoms with Crippen LogP contribution in [0.2, 0.25) is 0 Å². The first-order chi connectivity index (χ1) is 19.2. The first-order valence-corrected chi connectivity index (χ1v) is 14.7. The molecule has 0 saturated carbocycles. The molecule has 1 aliphatic heterocycles. The maximum absolute atomic E-state index is 12.6. The number of hydrogen-bond acceptors (Lipinski definition) is 7. The summed E-state index contributed by atoms with van der Waals surface area (Å²) in [5, 5.41) is 0. The number of aromatic amines is 1. The van der Waals surface area contributed by atoms with Crippen molar-refractivity contribution in [3.05, 3.63) is 140 Å². The number of nitrogens with zero attached hydrogens (tertiary/aromatic N) is 1. The number of ether oxygens (including phenoxy) is 2. The summed E-state index contributed by atoms with van der Waals surface area (Å²) in [6.45, 7) is 1.51. The summed E-state index contributed by atoms with van der Waals surface area (Å²) in [6, 6.07) is 29.2. The second kappa shape index (κ2) is 11.3. The molecule has 1 N–H and O–H groups in total. The highest BCUT2D eigenvalue weighted by molar-refractivity contribution is 7.86. The van der Waals surface area contributed by atoms with E-state index < -0.39 is 45.4 Å². The third kappa shape index (κ3) is 5.71. The van der Waals surface area contributed by atoms with Crippen molar-refractivity contribution in [2.24, 2.45) is 0 Å². The van der Waals surface area contributed by atoms with Gasteiger partial charge in [-0.15, -0.1) is 0 Å². The quantitative estimate of drug-likeness (QED) is 0.245. The minimum Gasteiger partial charge on any atom is -0.358 e. The Hall–Kier alpha value is -3.83. The Morgan fingerprint density at radius 3 is 1.88 bits per heavy atom. The summed E-state index contributed by atoms with van der Waals surface area (Å²) in [4.78, 5) is 26.8. The zero-order valence-corrected chi connectivity index (χ0v) is 22.9. The molecule has 9 nitrogen and oxygen atoms in total. The standard InChI is InChI=1S/C30H30N2O7S/c1-21-19-32(29(34)31-28(21)33)27-18-25(39-40(2,35)36)26(38-27)20-37-30(22-12-6-3-7-13-22,23-14-8-4-9-15-23)24-16-10-5-11-17-24/h3-17,19,25-27H,18,20H2,1-2H3,(H,31,33,34)/t25-,26+,27+/m0/s1. The Bertz CT molecular complexity index is 1570. The molecule has 10 heteroatoms. The predicted octanol–water partition coefficient (Wildman–Crippen LogP) is 3.49. The van der Waals surface area contributed by atoms with Crippen LogP contribution in [0.1, 0.15) is 34.9 Å². The Labute approximate surface area is 232 Å². The molecule has 1 aromatic heterocycles.